The number of ketones is 1. The van der Waals surface area contributed by atoms with Crippen molar-refractivity contribution in [3.8, 4) is 5.75 Å². The fourth-order valence-electron chi connectivity index (χ4n) is 1.66. The summed E-state index contributed by atoms with van der Waals surface area (Å²) in [6.07, 6.45) is 0.000814. The highest BCUT2D eigenvalue weighted by Crippen LogP contribution is 2.27. The van der Waals surface area contributed by atoms with E-state index < -0.39 is 0 Å². The summed E-state index contributed by atoms with van der Waals surface area (Å²) in [6, 6.07) is 11.3. The summed E-state index contributed by atoms with van der Waals surface area (Å²) in [7, 11) is 0. The molecule has 0 bridgehead atoms. The summed E-state index contributed by atoms with van der Waals surface area (Å²) < 4.78 is 19.6. The van der Waals surface area contributed by atoms with Crippen LogP contribution in [0, 0.1) is 5.82 Å². The van der Waals surface area contributed by atoms with Crippen LogP contribution in [0.4, 0.5) is 4.39 Å². The number of hydrogen-bond acceptors (Lipinski definition) is 2. The van der Waals surface area contributed by atoms with Gasteiger partial charge in [-0.15, -0.1) is 0 Å². The van der Waals surface area contributed by atoms with Crippen molar-refractivity contribution in [3.63, 3.8) is 0 Å². The van der Waals surface area contributed by atoms with Gasteiger partial charge in [0.05, 0.1) is 5.02 Å². The molecule has 0 spiro atoms. The Balaban J connectivity index is 1.94. The summed E-state index contributed by atoms with van der Waals surface area (Å²) >= 11 is 9.25. The molecule has 0 atom stereocenters. The topological polar surface area (TPSA) is 26.3 Å². The van der Waals surface area contributed by atoms with Gasteiger partial charge in [-0.05, 0) is 29.8 Å². The second-order valence-electron chi connectivity index (χ2n) is 4.17. The van der Waals surface area contributed by atoms with Gasteiger partial charge in [0.15, 0.2) is 5.78 Å². The molecule has 0 saturated heterocycles. The minimum Gasteiger partial charge on any atom is -0.484 e. The van der Waals surface area contributed by atoms with Crippen molar-refractivity contribution in [2.45, 2.75) is 6.42 Å². The maximum absolute atomic E-state index is 13.4. The van der Waals surface area contributed by atoms with Crippen LogP contribution in [-0.4, -0.2) is 12.4 Å². The van der Waals surface area contributed by atoms with Crippen molar-refractivity contribution in [3.05, 3.63) is 63.3 Å². The Bertz CT molecular complexity index is 631. The maximum atomic E-state index is 13.4. The highest BCUT2D eigenvalue weighted by Gasteiger charge is 2.10. The Hall–Kier alpha value is -1.39. The second kappa shape index (κ2) is 6.86. The molecule has 0 aliphatic rings. The number of rotatable bonds is 5. The largest absolute Gasteiger partial charge is 0.484 e. The number of Topliss-reactive ketones (excluding diaryl/α,β-unsaturated/α-hetero) is 1. The Kier molecular flexibility index (Phi) is 5.15. The molecule has 0 aliphatic carbocycles. The zero-order chi connectivity index (χ0) is 14.5. The van der Waals surface area contributed by atoms with E-state index in [9.17, 15) is 9.18 Å². The number of ether oxygens (including phenoxy) is 1. The zero-order valence-electron chi connectivity index (χ0n) is 10.4. The molecule has 0 aromatic heterocycles. The number of carbonyl (C=O) groups excluding carboxylic acids is 1. The van der Waals surface area contributed by atoms with E-state index in [1.54, 1.807) is 36.4 Å². The fourth-order valence-corrected chi connectivity index (χ4v) is 2.38. The molecule has 2 nitrogen and oxygen atoms in total. The first-order chi connectivity index (χ1) is 9.56. The molecule has 0 N–H and O–H groups in total. The third-order valence-corrected chi connectivity index (χ3v) is 3.42. The quantitative estimate of drug-likeness (QED) is 0.791. The highest BCUT2D eigenvalue weighted by atomic mass is 79.9. The summed E-state index contributed by atoms with van der Waals surface area (Å²) in [4.78, 5) is 11.8. The molecule has 0 radical (unpaired) electrons. The normalized spacial score (nSPS) is 10.3. The molecule has 2 aromatic carbocycles. The van der Waals surface area contributed by atoms with Crippen molar-refractivity contribution in [1.82, 2.24) is 0 Å². The van der Waals surface area contributed by atoms with Crippen molar-refractivity contribution >= 4 is 33.3 Å². The van der Waals surface area contributed by atoms with Crippen LogP contribution >= 0.6 is 27.5 Å². The standard InChI is InChI=1S/C15H11BrClFO2/c16-11-5-6-15(13(17)8-11)20-9-12(19)7-10-3-1-2-4-14(10)18/h1-6,8H,7,9H2. The minimum atomic E-state index is -0.387. The van der Waals surface area contributed by atoms with E-state index in [1.807, 2.05) is 0 Å². The van der Waals surface area contributed by atoms with Crippen LogP contribution in [0.15, 0.2) is 46.9 Å². The maximum Gasteiger partial charge on any atom is 0.174 e. The summed E-state index contributed by atoms with van der Waals surface area (Å²) in [5, 5.41) is 0.415. The lowest BCUT2D eigenvalue weighted by Crippen LogP contribution is -2.14. The van der Waals surface area contributed by atoms with Gasteiger partial charge in [0.25, 0.3) is 0 Å². The van der Waals surface area contributed by atoms with Gasteiger partial charge in [-0.3, -0.25) is 4.79 Å². The average Bonchev–Trinajstić information content (AvgIpc) is 2.40. The Morgan fingerprint density at radius 1 is 1.25 bits per heavy atom. The van der Waals surface area contributed by atoms with Crippen LogP contribution < -0.4 is 4.74 Å². The molecule has 0 heterocycles. The van der Waals surface area contributed by atoms with E-state index in [-0.39, 0.29) is 24.6 Å². The summed E-state index contributed by atoms with van der Waals surface area (Å²) in [5.41, 5.74) is 0.364. The van der Waals surface area contributed by atoms with Crippen molar-refractivity contribution in [2.24, 2.45) is 0 Å². The smallest absolute Gasteiger partial charge is 0.174 e. The molecule has 104 valence electrons. The van der Waals surface area contributed by atoms with Gasteiger partial charge in [0, 0.05) is 10.9 Å². The molecule has 20 heavy (non-hydrogen) atoms. The third-order valence-electron chi connectivity index (χ3n) is 2.63. The molecule has 0 amide bonds. The van der Waals surface area contributed by atoms with Crippen molar-refractivity contribution < 1.29 is 13.9 Å². The minimum absolute atomic E-state index is 0.000814. The first kappa shape index (κ1) is 15.0. The predicted octanol–water partition coefficient (Wildman–Crippen LogP) is 4.43. The van der Waals surface area contributed by atoms with E-state index >= 15 is 0 Å². The van der Waals surface area contributed by atoms with Crippen LogP contribution in [0.1, 0.15) is 5.56 Å². The van der Waals surface area contributed by atoms with Crippen LogP contribution in [0.3, 0.4) is 0 Å². The first-order valence-electron chi connectivity index (χ1n) is 5.89. The molecule has 2 aromatic rings. The Labute approximate surface area is 129 Å². The van der Waals surface area contributed by atoms with E-state index in [4.69, 9.17) is 16.3 Å². The molecular formula is C15H11BrClFO2. The van der Waals surface area contributed by atoms with E-state index in [2.05, 4.69) is 15.9 Å². The number of carbonyl (C=O) groups is 1. The van der Waals surface area contributed by atoms with Crippen molar-refractivity contribution in [1.29, 1.82) is 0 Å². The van der Waals surface area contributed by atoms with E-state index in [0.29, 0.717) is 16.3 Å². The number of benzene rings is 2. The molecule has 0 fully saturated rings. The van der Waals surface area contributed by atoms with Gasteiger partial charge in [-0.1, -0.05) is 45.7 Å². The van der Waals surface area contributed by atoms with Gasteiger partial charge < -0.3 is 4.74 Å². The Morgan fingerprint density at radius 3 is 2.70 bits per heavy atom. The monoisotopic (exact) mass is 356 g/mol. The second-order valence-corrected chi connectivity index (χ2v) is 5.49. The van der Waals surface area contributed by atoms with E-state index in [0.717, 1.165) is 4.47 Å². The molecule has 0 saturated carbocycles. The van der Waals surface area contributed by atoms with Gasteiger partial charge in [-0.2, -0.15) is 0 Å². The molecule has 5 heteroatoms. The zero-order valence-corrected chi connectivity index (χ0v) is 12.7. The van der Waals surface area contributed by atoms with Crippen LogP contribution in [0.5, 0.6) is 5.75 Å². The van der Waals surface area contributed by atoms with Gasteiger partial charge in [-0.25, -0.2) is 4.39 Å². The number of halogens is 3. The lowest BCUT2D eigenvalue weighted by Gasteiger charge is -2.08. The highest BCUT2D eigenvalue weighted by molar-refractivity contribution is 9.10. The fraction of sp³-hybridized carbons (Fsp3) is 0.133. The van der Waals surface area contributed by atoms with E-state index in [1.165, 1.54) is 6.07 Å². The summed E-state index contributed by atoms with van der Waals surface area (Å²) in [5.74, 6) is -0.173. The Morgan fingerprint density at radius 2 is 2.00 bits per heavy atom. The average molecular weight is 358 g/mol. The van der Waals surface area contributed by atoms with Gasteiger partial charge in [0.1, 0.15) is 18.2 Å². The molecule has 0 unspecified atom stereocenters. The van der Waals surface area contributed by atoms with Crippen LogP contribution in [0.2, 0.25) is 5.02 Å². The lowest BCUT2D eigenvalue weighted by atomic mass is 10.1. The third kappa shape index (κ3) is 4.05. The van der Waals surface area contributed by atoms with Gasteiger partial charge in [0.2, 0.25) is 0 Å². The van der Waals surface area contributed by atoms with Crippen LogP contribution in [0.25, 0.3) is 0 Å². The first-order valence-corrected chi connectivity index (χ1v) is 7.06. The predicted molar refractivity (Wildman–Crippen MR) is 79.8 cm³/mol. The molecular weight excluding hydrogens is 347 g/mol. The number of hydrogen-bond donors (Lipinski definition) is 0. The summed E-state index contributed by atoms with van der Waals surface area (Å²) in [6.45, 7) is -0.143. The molecule has 2 rings (SSSR count). The molecule has 0 aliphatic heterocycles. The lowest BCUT2D eigenvalue weighted by molar-refractivity contribution is -0.120. The van der Waals surface area contributed by atoms with Crippen LogP contribution in [-0.2, 0) is 11.2 Å². The SMILES string of the molecule is O=C(COc1ccc(Br)cc1Cl)Cc1ccccc1F. The van der Waals surface area contributed by atoms with Crippen molar-refractivity contribution in [2.75, 3.05) is 6.61 Å². The van der Waals surface area contributed by atoms with Gasteiger partial charge >= 0.3 is 0 Å².